The quantitative estimate of drug-likeness (QED) is 0.152. The normalized spacial score (nSPS) is 10.7. The molecule has 3 aromatic rings. The number of amides is 3. The Morgan fingerprint density at radius 3 is 2.22 bits per heavy atom. The maximum absolute atomic E-state index is 13.5. The van der Waals surface area contributed by atoms with Crippen molar-refractivity contribution in [3.63, 3.8) is 0 Å². The lowest BCUT2D eigenvalue weighted by atomic mass is 10.1. The molecule has 0 aliphatic rings. The van der Waals surface area contributed by atoms with Gasteiger partial charge < -0.3 is 25.4 Å². The summed E-state index contributed by atoms with van der Waals surface area (Å²) in [5.74, 6) is -0.0386. The Balaban J connectivity index is 1.95. The highest BCUT2D eigenvalue weighted by atomic mass is 35.5. The molecule has 41 heavy (non-hydrogen) atoms. The van der Waals surface area contributed by atoms with Gasteiger partial charge in [0.05, 0.1) is 22.1 Å². The Morgan fingerprint density at radius 1 is 0.951 bits per heavy atom. The number of anilines is 4. The van der Waals surface area contributed by atoms with Crippen LogP contribution in [0.15, 0.2) is 48.5 Å². The fourth-order valence-electron chi connectivity index (χ4n) is 4.53. The van der Waals surface area contributed by atoms with Crippen LogP contribution in [0, 0.1) is 20.8 Å². The number of carbonyl (C=O) groups excluding carboxylic acids is 2. The third kappa shape index (κ3) is 7.85. The summed E-state index contributed by atoms with van der Waals surface area (Å²) in [5.41, 5.74) is 4.44. The van der Waals surface area contributed by atoms with Crippen LogP contribution < -0.4 is 25.2 Å². The highest BCUT2D eigenvalue weighted by Crippen LogP contribution is 2.43. The first-order chi connectivity index (χ1) is 19.6. The zero-order valence-electron chi connectivity index (χ0n) is 24.8. The number of rotatable bonds is 12. The molecule has 3 amide bonds. The van der Waals surface area contributed by atoms with Crippen molar-refractivity contribution < 1.29 is 19.4 Å². The third-order valence-electron chi connectivity index (χ3n) is 6.90. The van der Waals surface area contributed by atoms with Gasteiger partial charge in [-0.1, -0.05) is 42.6 Å². The summed E-state index contributed by atoms with van der Waals surface area (Å²) in [6.07, 6.45) is 1.75. The van der Waals surface area contributed by atoms with Crippen molar-refractivity contribution in [1.82, 2.24) is 5.32 Å². The number of benzene rings is 3. The van der Waals surface area contributed by atoms with Gasteiger partial charge in [-0.15, -0.1) is 0 Å². The van der Waals surface area contributed by atoms with E-state index in [1.165, 1.54) is 11.0 Å². The van der Waals surface area contributed by atoms with Gasteiger partial charge in [-0.25, -0.2) is 4.79 Å². The van der Waals surface area contributed by atoms with E-state index in [-0.39, 0.29) is 29.1 Å². The van der Waals surface area contributed by atoms with Gasteiger partial charge in [0.25, 0.3) is 5.91 Å². The first kappa shape index (κ1) is 31.6. The summed E-state index contributed by atoms with van der Waals surface area (Å²) in [5, 5.41) is 16.7. The highest BCUT2D eigenvalue weighted by molar-refractivity contribution is 6.35. The van der Waals surface area contributed by atoms with Gasteiger partial charge in [0.15, 0.2) is 6.61 Å². The highest BCUT2D eigenvalue weighted by Gasteiger charge is 2.25. The molecule has 0 aromatic heterocycles. The summed E-state index contributed by atoms with van der Waals surface area (Å²) in [7, 11) is 0. The Kier molecular flexibility index (Phi) is 11.3. The number of carbonyl (C=O) groups is 2. The van der Waals surface area contributed by atoms with E-state index < -0.39 is 5.91 Å². The molecule has 0 aliphatic heterocycles. The average molecular weight is 581 g/mol. The number of aryl methyl sites for hydroxylation is 2. The maximum atomic E-state index is 13.5. The fraction of sp³-hybridized carbons (Fsp3) is 0.375. The van der Waals surface area contributed by atoms with E-state index in [2.05, 4.69) is 36.3 Å². The van der Waals surface area contributed by atoms with E-state index >= 15 is 0 Å². The van der Waals surface area contributed by atoms with Crippen molar-refractivity contribution in [2.24, 2.45) is 0 Å². The number of urea groups is 1. The van der Waals surface area contributed by atoms with Gasteiger partial charge in [-0.05, 0) is 83.0 Å². The Bertz CT molecular complexity index is 1360. The molecule has 0 unspecified atom stereocenters. The lowest BCUT2D eigenvalue weighted by Crippen LogP contribution is -2.37. The van der Waals surface area contributed by atoms with Crippen LogP contribution in [0.5, 0.6) is 11.5 Å². The molecule has 3 N–H and O–H groups in total. The Labute approximate surface area is 248 Å². The predicted octanol–water partition coefficient (Wildman–Crippen LogP) is 7.48. The number of nitrogens with one attached hydrogen (secondary N) is 2. The number of nitrogens with zero attached hydrogens (tertiary/aromatic N) is 2. The zero-order valence-corrected chi connectivity index (χ0v) is 25.6. The summed E-state index contributed by atoms with van der Waals surface area (Å²) < 4.78 is 5.71. The number of halogens is 1. The van der Waals surface area contributed by atoms with E-state index in [1.54, 1.807) is 6.92 Å². The molecule has 3 rings (SSSR count). The van der Waals surface area contributed by atoms with E-state index in [0.29, 0.717) is 29.2 Å². The zero-order chi connectivity index (χ0) is 30.1. The van der Waals surface area contributed by atoms with Gasteiger partial charge in [0.1, 0.15) is 11.5 Å². The van der Waals surface area contributed by atoms with Crippen LogP contribution in [0.3, 0.4) is 0 Å². The monoisotopic (exact) mass is 580 g/mol. The Morgan fingerprint density at radius 2 is 1.61 bits per heavy atom. The Hall–Kier alpha value is -3.91. The van der Waals surface area contributed by atoms with Gasteiger partial charge in [-0.2, -0.15) is 0 Å². The molecule has 0 atom stereocenters. The summed E-state index contributed by atoms with van der Waals surface area (Å²) in [4.78, 5) is 30.1. The number of phenolic OH excluding ortho intramolecular Hbond substituents is 1. The molecular formula is C32H41ClN4O4. The van der Waals surface area contributed by atoms with E-state index in [4.69, 9.17) is 16.3 Å². The standard InChI is InChI=1S/C32H41ClN4O4/c1-7-10-17-34-32(40)37(25-14-12-24(13-15-25)36(8-2)9-3)27-19-26(31(39)23(6)30(27)33)35-29(38)20-41-28-16-11-21(4)18-22(28)5/h11-16,18-19,39H,7-10,17,20H2,1-6H3,(H,34,40)(H,35,38). The molecule has 8 nitrogen and oxygen atoms in total. The number of phenols is 1. The van der Waals surface area contributed by atoms with Crippen molar-refractivity contribution in [2.45, 2.75) is 54.4 Å². The van der Waals surface area contributed by atoms with Crippen LogP contribution in [-0.2, 0) is 4.79 Å². The SMILES string of the molecule is CCCCNC(=O)N(c1ccc(N(CC)CC)cc1)c1cc(NC(=O)COc2ccc(C)cc2C)c(O)c(C)c1Cl. The summed E-state index contributed by atoms with van der Waals surface area (Å²) >= 11 is 6.73. The molecule has 0 heterocycles. The number of aromatic hydroxyl groups is 1. The predicted molar refractivity (Wildman–Crippen MR) is 168 cm³/mol. The lowest BCUT2D eigenvalue weighted by molar-refractivity contribution is -0.118. The first-order valence-electron chi connectivity index (χ1n) is 14.1. The van der Waals surface area contributed by atoms with Gasteiger partial charge in [0, 0.05) is 30.9 Å². The van der Waals surface area contributed by atoms with Gasteiger partial charge >= 0.3 is 6.03 Å². The van der Waals surface area contributed by atoms with Gasteiger partial charge in [0.2, 0.25) is 0 Å². The van der Waals surface area contributed by atoms with Crippen LogP contribution in [0.2, 0.25) is 5.02 Å². The second-order valence-electron chi connectivity index (χ2n) is 9.95. The van der Waals surface area contributed by atoms with Crippen molar-refractivity contribution in [1.29, 1.82) is 0 Å². The molecule has 0 bridgehead atoms. The van der Waals surface area contributed by atoms with Crippen LogP contribution >= 0.6 is 11.6 Å². The number of hydrogen-bond donors (Lipinski definition) is 3. The molecular weight excluding hydrogens is 540 g/mol. The van der Waals surface area contributed by atoms with Crippen molar-refractivity contribution >= 4 is 46.3 Å². The second-order valence-corrected chi connectivity index (χ2v) is 10.3. The van der Waals surface area contributed by atoms with Crippen molar-refractivity contribution in [2.75, 3.05) is 41.4 Å². The summed E-state index contributed by atoms with van der Waals surface area (Å²) in [6.45, 7) is 13.7. The van der Waals surface area contributed by atoms with E-state index in [1.807, 2.05) is 56.3 Å². The van der Waals surface area contributed by atoms with E-state index in [9.17, 15) is 14.7 Å². The molecule has 3 aromatic carbocycles. The molecule has 0 saturated carbocycles. The van der Waals surface area contributed by atoms with Crippen molar-refractivity contribution in [3.05, 3.63) is 70.2 Å². The second kappa shape index (κ2) is 14.6. The fourth-order valence-corrected chi connectivity index (χ4v) is 4.76. The first-order valence-corrected chi connectivity index (χ1v) is 14.4. The number of hydrogen-bond acceptors (Lipinski definition) is 5. The van der Waals surface area contributed by atoms with Crippen LogP contribution in [0.1, 0.15) is 50.3 Å². The minimum absolute atomic E-state index is 0.127. The lowest BCUT2D eigenvalue weighted by Gasteiger charge is -2.27. The molecule has 220 valence electrons. The largest absolute Gasteiger partial charge is 0.505 e. The number of unbranched alkanes of at least 4 members (excludes halogenated alkanes) is 1. The molecule has 0 aliphatic carbocycles. The van der Waals surface area contributed by atoms with Gasteiger partial charge in [-0.3, -0.25) is 9.69 Å². The smallest absolute Gasteiger partial charge is 0.326 e. The van der Waals surface area contributed by atoms with Crippen LogP contribution in [0.4, 0.5) is 27.5 Å². The summed E-state index contributed by atoms with van der Waals surface area (Å²) in [6, 6.07) is 14.5. The minimum atomic E-state index is -0.463. The topological polar surface area (TPSA) is 94.1 Å². The molecule has 0 saturated heterocycles. The van der Waals surface area contributed by atoms with Crippen LogP contribution in [0.25, 0.3) is 0 Å². The molecule has 0 spiro atoms. The molecule has 0 radical (unpaired) electrons. The van der Waals surface area contributed by atoms with E-state index in [0.717, 1.165) is 42.7 Å². The van der Waals surface area contributed by atoms with Crippen LogP contribution in [-0.4, -0.2) is 43.3 Å². The minimum Gasteiger partial charge on any atom is -0.505 e. The number of ether oxygens (including phenoxy) is 1. The molecule has 9 heteroatoms. The third-order valence-corrected chi connectivity index (χ3v) is 7.37. The van der Waals surface area contributed by atoms with Crippen molar-refractivity contribution in [3.8, 4) is 11.5 Å². The molecule has 0 fully saturated rings. The maximum Gasteiger partial charge on any atom is 0.326 e. The average Bonchev–Trinajstić information content (AvgIpc) is 2.95.